The number of hydrogen-bond acceptors (Lipinski definition) is 5. The first-order valence-electron chi connectivity index (χ1n) is 12.6. The van der Waals surface area contributed by atoms with Gasteiger partial charge in [0, 0.05) is 31.1 Å². The highest BCUT2D eigenvalue weighted by molar-refractivity contribution is 5.83. The van der Waals surface area contributed by atoms with Gasteiger partial charge in [-0.2, -0.15) is 0 Å². The summed E-state index contributed by atoms with van der Waals surface area (Å²) in [4.78, 5) is 18.5. The zero-order valence-corrected chi connectivity index (χ0v) is 19.8. The zero-order chi connectivity index (χ0) is 23.2. The summed E-state index contributed by atoms with van der Waals surface area (Å²) in [7, 11) is 1.64. The number of nitrogens with zero attached hydrogens (tertiary/aromatic N) is 2. The molecule has 1 aliphatic heterocycles. The molecule has 3 atom stereocenters. The van der Waals surface area contributed by atoms with Crippen LogP contribution in [0.4, 0.5) is 0 Å². The molecule has 1 saturated heterocycles. The number of carbonyl (C=O) groups is 1. The summed E-state index contributed by atoms with van der Waals surface area (Å²) in [5.41, 5.74) is 1.70. The fraction of sp³-hybridized carbons (Fsp3) is 0.630. The van der Waals surface area contributed by atoms with Crippen LogP contribution in [0.1, 0.15) is 69.5 Å². The highest BCUT2D eigenvalue weighted by Gasteiger charge is 2.32. The lowest BCUT2D eigenvalue weighted by Crippen LogP contribution is -2.43. The van der Waals surface area contributed by atoms with E-state index in [1.807, 2.05) is 24.3 Å². The van der Waals surface area contributed by atoms with Crippen molar-refractivity contribution in [3.8, 4) is 5.75 Å². The van der Waals surface area contributed by atoms with Gasteiger partial charge >= 0.3 is 5.97 Å². The molecule has 2 fully saturated rings. The predicted molar refractivity (Wildman–Crippen MR) is 129 cm³/mol. The van der Waals surface area contributed by atoms with Crippen molar-refractivity contribution in [2.45, 2.75) is 63.9 Å². The number of hydrogen-bond donors (Lipinski definition) is 2. The second kappa shape index (κ2) is 11.3. The Morgan fingerprint density at radius 2 is 2.00 bits per heavy atom. The molecule has 0 spiro atoms. The van der Waals surface area contributed by atoms with Crippen LogP contribution < -0.4 is 4.74 Å². The number of fused-ring (bicyclic) bond motifs is 1. The molecule has 2 aliphatic rings. The standard InChI is InChI=1S/C27H38N2O4/c1-33-22-8-9-25-24(16-22)23(11-13-28-25)26(30)10-7-20-12-14-29(18-21(20)15-27(31)32)17-19-5-3-2-4-6-19/h8-9,11,13,16,19-21,26,30H,2-7,10,12,14-15,17-18H2,1H3,(H,31,32)/t20-,21+,26-/m1/s1. The van der Waals surface area contributed by atoms with Crippen molar-refractivity contribution in [2.75, 3.05) is 26.7 Å². The summed E-state index contributed by atoms with van der Waals surface area (Å²) >= 11 is 0. The SMILES string of the molecule is COc1ccc2nccc([C@H](O)CC[C@@H]3CCN(CC4CCCCC4)C[C@@H]3CC(=O)O)c2c1. The molecule has 0 unspecified atom stereocenters. The number of aromatic nitrogens is 1. The van der Waals surface area contributed by atoms with E-state index in [-0.39, 0.29) is 12.3 Å². The van der Waals surface area contributed by atoms with Gasteiger partial charge in [0.25, 0.3) is 0 Å². The molecule has 2 heterocycles. The molecule has 33 heavy (non-hydrogen) atoms. The second-order valence-corrected chi connectivity index (χ2v) is 10.0. The molecule has 1 aromatic heterocycles. The van der Waals surface area contributed by atoms with Crippen molar-refractivity contribution in [3.63, 3.8) is 0 Å². The number of aliphatic hydroxyl groups excluding tert-OH is 1. The minimum atomic E-state index is -0.711. The van der Waals surface area contributed by atoms with Crippen LogP contribution in [-0.4, -0.2) is 52.8 Å². The molecular weight excluding hydrogens is 416 g/mol. The Morgan fingerprint density at radius 3 is 2.76 bits per heavy atom. The predicted octanol–water partition coefficient (Wildman–Crippen LogP) is 5.05. The lowest BCUT2D eigenvalue weighted by atomic mass is 9.79. The van der Waals surface area contributed by atoms with E-state index in [0.29, 0.717) is 12.3 Å². The Labute approximate surface area is 197 Å². The smallest absolute Gasteiger partial charge is 0.303 e. The third-order valence-corrected chi connectivity index (χ3v) is 7.81. The summed E-state index contributed by atoms with van der Waals surface area (Å²) in [6.07, 6.45) is 10.5. The van der Waals surface area contributed by atoms with Crippen molar-refractivity contribution < 1.29 is 19.7 Å². The van der Waals surface area contributed by atoms with Crippen LogP contribution in [0.2, 0.25) is 0 Å². The Hall–Kier alpha value is -2.18. The number of ether oxygens (including phenoxy) is 1. The Kier molecular flexibility index (Phi) is 8.20. The van der Waals surface area contributed by atoms with E-state index in [4.69, 9.17) is 4.74 Å². The molecule has 2 aromatic rings. The van der Waals surface area contributed by atoms with Crippen LogP contribution in [0, 0.1) is 17.8 Å². The fourth-order valence-electron chi connectivity index (χ4n) is 5.98. The molecular formula is C27H38N2O4. The van der Waals surface area contributed by atoms with Gasteiger partial charge in [-0.3, -0.25) is 9.78 Å². The van der Waals surface area contributed by atoms with Crippen molar-refractivity contribution in [3.05, 3.63) is 36.0 Å². The van der Waals surface area contributed by atoms with Gasteiger partial charge in [0.2, 0.25) is 0 Å². The molecule has 0 radical (unpaired) electrons. The average molecular weight is 455 g/mol. The van der Waals surface area contributed by atoms with Crippen LogP contribution in [0.15, 0.2) is 30.5 Å². The number of piperidine rings is 1. The van der Waals surface area contributed by atoms with Gasteiger partial charge < -0.3 is 19.8 Å². The number of aliphatic carboxylic acids is 1. The number of aliphatic hydroxyl groups is 1. The van der Waals surface area contributed by atoms with Gasteiger partial charge in [-0.25, -0.2) is 0 Å². The van der Waals surface area contributed by atoms with Gasteiger partial charge in [0.1, 0.15) is 5.75 Å². The normalized spacial score (nSPS) is 23.5. The van der Waals surface area contributed by atoms with Crippen LogP contribution in [0.25, 0.3) is 10.9 Å². The van der Waals surface area contributed by atoms with Crippen molar-refractivity contribution in [1.82, 2.24) is 9.88 Å². The maximum absolute atomic E-state index is 11.6. The summed E-state index contributed by atoms with van der Waals surface area (Å²) in [6, 6.07) is 7.60. The average Bonchev–Trinajstić information content (AvgIpc) is 2.83. The topological polar surface area (TPSA) is 82.9 Å². The summed E-state index contributed by atoms with van der Waals surface area (Å²) in [5, 5.41) is 21.5. The molecule has 6 nitrogen and oxygen atoms in total. The van der Waals surface area contributed by atoms with E-state index >= 15 is 0 Å². The van der Waals surface area contributed by atoms with E-state index in [2.05, 4.69) is 9.88 Å². The highest BCUT2D eigenvalue weighted by atomic mass is 16.5. The van der Waals surface area contributed by atoms with E-state index < -0.39 is 12.1 Å². The van der Waals surface area contributed by atoms with Crippen molar-refractivity contribution in [2.24, 2.45) is 17.8 Å². The van der Waals surface area contributed by atoms with Crippen LogP contribution in [0.3, 0.4) is 0 Å². The highest BCUT2D eigenvalue weighted by Crippen LogP contribution is 2.35. The molecule has 180 valence electrons. The van der Waals surface area contributed by atoms with E-state index in [9.17, 15) is 15.0 Å². The molecule has 2 N–H and O–H groups in total. The number of carboxylic acids is 1. The first-order valence-corrected chi connectivity index (χ1v) is 12.6. The van der Waals surface area contributed by atoms with Gasteiger partial charge in [0.05, 0.1) is 18.7 Å². The number of benzene rings is 1. The number of methoxy groups -OCH3 is 1. The zero-order valence-electron chi connectivity index (χ0n) is 19.8. The minimum absolute atomic E-state index is 0.154. The monoisotopic (exact) mass is 454 g/mol. The second-order valence-electron chi connectivity index (χ2n) is 10.0. The molecule has 1 saturated carbocycles. The maximum Gasteiger partial charge on any atom is 0.303 e. The molecule has 1 aromatic carbocycles. The fourth-order valence-corrected chi connectivity index (χ4v) is 5.98. The molecule has 0 amide bonds. The van der Waals surface area contributed by atoms with Gasteiger partial charge in [0.15, 0.2) is 0 Å². The summed E-state index contributed by atoms with van der Waals surface area (Å²) in [6.45, 7) is 3.04. The van der Waals surface area contributed by atoms with E-state index in [1.54, 1.807) is 13.3 Å². The summed E-state index contributed by atoms with van der Waals surface area (Å²) in [5.74, 6) is 1.30. The first kappa shape index (κ1) is 24.0. The number of rotatable bonds is 9. The van der Waals surface area contributed by atoms with Crippen LogP contribution in [0.5, 0.6) is 5.75 Å². The number of carboxylic acid groups (broad SMARTS) is 1. The first-order chi connectivity index (χ1) is 16.0. The molecule has 6 heteroatoms. The van der Waals surface area contributed by atoms with E-state index in [0.717, 1.165) is 60.6 Å². The third kappa shape index (κ3) is 6.24. The lowest BCUT2D eigenvalue weighted by molar-refractivity contribution is -0.139. The van der Waals surface area contributed by atoms with Crippen molar-refractivity contribution >= 4 is 16.9 Å². The molecule has 1 aliphatic carbocycles. The van der Waals surface area contributed by atoms with Gasteiger partial charge in [-0.15, -0.1) is 0 Å². The Balaban J connectivity index is 1.39. The molecule has 0 bridgehead atoms. The largest absolute Gasteiger partial charge is 0.497 e. The van der Waals surface area contributed by atoms with Crippen LogP contribution in [-0.2, 0) is 4.79 Å². The van der Waals surface area contributed by atoms with E-state index in [1.165, 1.54) is 32.1 Å². The Morgan fingerprint density at radius 1 is 1.18 bits per heavy atom. The number of likely N-dealkylation sites (tertiary alicyclic amines) is 1. The quantitative estimate of drug-likeness (QED) is 0.552. The van der Waals surface area contributed by atoms with Gasteiger partial charge in [-0.05, 0) is 86.2 Å². The van der Waals surface area contributed by atoms with Crippen LogP contribution >= 0.6 is 0 Å². The lowest BCUT2D eigenvalue weighted by Gasteiger charge is -2.40. The maximum atomic E-state index is 11.6. The Bertz CT molecular complexity index is 927. The number of pyridine rings is 1. The molecule has 4 rings (SSSR count). The van der Waals surface area contributed by atoms with Gasteiger partial charge in [-0.1, -0.05) is 19.3 Å². The third-order valence-electron chi connectivity index (χ3n) is 7.81. The summed E-state index contributed by atoms with van der Waals surface area (Å²) < 4.78 is 5.36. The minimum Gasteiger partial charge on any atom is -0.497 e. The van der Waals surface area contributed by atoms with Crippen molar-refractivity contribution in [1.29, 1.82) is 0 Å².